The first-order chi connectivity index (χ1) is 25.2. The van der Waals surface area contributed by atoms with Crippen LogP contribution in [0.5, 0.6) is 0 Å². The molecule has 9 rings (SSSR count). The summed E-state index contributed by atoms with van der Waals surface area (Å²) < 4.78 is 6.44. The second-order valence-corrected chi connectivity index (χ2v) is 12.3. The van der Waals surface area contributed by atoms with Crippen molar-refractivity contribution in [2.24, 2.45) is 0 Å². The molecule has 0 aliphatic carbocycles. The molecule has 51 heavy (non-hydrogen) atoms. The number of furan rings is 1. The van der Waals surface area contributed by atoms with Crippen molar-refractivity contribution in [3.8, 4) is 73.6 Å². The molecule has 5 heteroatoms. The fourth-order valence-electron chi connectivity index (χ4n) is 6.69. The second-order valence-electron chi connectivity index (χ2n) is 12.3. The predicted molar refractivity (Wildman–Crippen MR) is 204 cm³/mol. The third kappa shape index (κ3) is 5.61. The van der Waals surface area contributed by atoms with Crippen LogP contribution in [-0.4, -0.2) is 15.0 Å². The Hall–Kier alpha value is -7.16. The third-order valence-corrected chi connectivity index (χ3v) is 9.19. The predicted octanol–water partition coefficient (Wildman–Crippen LogP) is 11.6. The molecule has 0 saturated heterocycles. The fraction of sp³-hybridized carbons (Fsp3) is 0. The SMILES string of the molecule is N#Cc1ccc(-c2cccc(-c3nc(-c4ccccc4)nc(-c4ccc5c(c4)oc4cccc(-c6ccccc6)c45)n3)c2)cc1-c1ccccc1. The van der Waals surface area contributed by atoms with Crippen molar-refractivity contribution in [2.75, 3.05) is 0 Å². The average molecular weight is 653 g/mol. The summed E-state index contributed by atoms with van der Waals surface area (Å²) in [5.74, 6) is 1.70. The molecule has 9 aromatic rings. The zero-order valence-corrected chi connectivity index (χ0v) is 27.4. The van der Waals surface area contributed by atoms with Gasteiger partial charge in [0.25, 0.3) is 0 Å². The van der Waals surface area contributed by atoms with Gasteiger partial charge in [0.05, 0.1) is 11.6 Å². The standard InChI is InChI=1S/C46H28N4O/c47-29-37-23-22-34(27-40(37)31-14-6-2-7-15-31)33-18-10-19-35(26-33)45-48-44(32-16-8-3-9-17-32)49-46(50-45)36-24-25-39-42(28-36)51-41-21-11-20-38(43(39)41)30-12-4-1-5-13-30/h1-28H. The number of nitrogens with zero attached hydrogens (tertiary/aromatic N) is 4. The van der Waals surface area contributed by atoms with Crippen LogP contribution in [0.15, 0.2) is 174 Å². The van der Waals surface area contributed by atoms with Gasteiger partial charge in [-0.2, -0.15) is 5.26 Å². The number of benzene rings is 7. The van der Waals surface area contributed by atoms with Crippen LogP contribution >= 0.6 is 0 Å². The van der Waals surface area contributed by atoms with E-state index < -0.39 is 0 Å². The lowest BCUT2D eigenvalue weighted by Crippen LogP contribution is -2.00. The summed E-state index contributed by atoms with van der Waals surface area (Å²) in [4.78, 5) is 15.0. The van der Waals surface area contributed by atoms with Crippen molar-refractivity contribution in [3.05, 3.63) is 175 Å². The lowest BCUT2D eigenvalue weighted by atomic mass is 9.94. The zero-order valence-electron chi connectivity index (χ0n) is 27.4. The van der Waals surface area contributed by atoms with E-state index in [9.17, 15) is 5.26 Å². The van der Waals surface area contributed by atoms with Gasteiger partial charge in [-0.3, -0.25) is 0 Å². The van der Waals surface area contributed by atoms with Crippen LogP contribution < -0.4 is 0 Å². The molecule has 0 N–H and O–H groups in total. The summed E-state index contributed by atoms with van der Waals surface area (Å²) in [6.07, 6.45) is 0. The molecule has 0 fully saturated rings. The fourth-order valence-corrected chi connectivity index (χ4v) is 6.69. The van der Waals surface area contributed by atoms with Gasteiger partial charge in [0.15, 0.2) is 17.5 Å². The van der Waals surface area contributed by atoms with E-state index in [1.54, 1.807) is 0 Å². The van der Waals surface area contributed by atoms with Gasteiger partial charge in [0.1, 0.15) is 11.2 Å². The highest BCUT2D eigenvalue weighted by Gasteiger charge is 2.17. The minimum Gasteiger partial charge on any atom is -0.456 e. The smallest absolute Gasteiger partial charge is 0.164 e. The van der Waals surface area contributed by atoms with E-state index in [1.807, 2.05) is 109 Å². The molecule has 0 aliphatic rings. The zero-order chi connectivity index (χ0) is 34.1. The first-order valence-corrected chi connectivity index (χ1v) is 16.7. The Balaban J connectivity index is 1.17. The third-order valence-electron chi connectivity index (χ3n) is 9.19. The molecule has 7 aromatic carbocycles. The van der Waals surface area contributed by atoms with Crippen LogP contribution in [-0.2, 0) is 0 Å². The maximum Gasteiger partial charge on any atom is 0.164 e. The molecular formula is C46H28N4O. The van der Waals surface area contributed by atoms with E-state index in [2.05, 4.69) is 66.7 Å². The number of hydrogen-bond acceptors (Lipinski definition) is 5. The van der Waals surface area contributed by atoms with Gasteiger partial charge in [0, 0.05) is 33.0 Å². The van der Waals surface area contributed by atoms with E-state index in [0.29, 0.717) is 23.0 Å². The van der Waals surface area contributed by atoms with Gasteiger partial charge in [-0.15, -0.1) is 0 Å². The van der Waals surface area contributed by atoms with Gasteiger partial charge in [-0.25, -0.2) is 15.0 Å². The molecule has 2 heterocycles. The van der Waals surface area contributed by atoms with Crippen molar-refractivity contribution in [2.45, 2.75) is 0 Å². The minimum atomic E-state index is 0.555. The Labute approximate surface area is 294 Å². The number of hydrogen-bond donors (Lipinski definition) is 0. The van der Waals surface area contributed by atoms with Crippen molar-refractivity contribution in [1.82, 2.24) is 15.0 Å². The molecule has 0 aliphatic heterocycles. The molecule has 0 amide bonds. The Bertz CT molecular complexity index is 2750. The summed E-state index contributed by atoms with van der Waals surface area (Å²) in [5, 5.41) is 12.0. The molecule has 0 bridgehead atoms. The Kier molecular flexibility index (Phi) is 7.46. The highest BCUT2D eigenvalue weighted by molar-refractivity contribution is 6.13. The van der Waals surface area contributed by atoms with E-state index >= 15 is 0 Å². The van der Waals surface area contributed by atoms with Crippen LogP contribution in [0.1, 0.15) is 5.56 Å². The first-order valence-electron chi connectivity index (χ1n) is 16.7. The monoisotopic (exact) mass is 652 g/mol. The van der Waals surface area contributed by atoms with Gasteiger partial charge in [-0.1, -0.05) is 133 Å². The highest BCUT2D eigenvalue weighted by Crippen LogP contribution is 2.38. The van der Waals surface area contributed by atoms with Crippen LogP contribution in [0.4, 0.5) is 0 Å². The molecule has 0 unspecified atom stereocenters. The number of aromatic nitrogens is 3. The lowest BCUT2D eigenvalue weighted by molar-refractivity contribution is 0.669. The maximum absolute atomic E-state index is 9.85. The Morgan fingerprint density at radius 2 is 0.922 bits per heavy atom. The van der Waals surface area contributed by atoms with Crippen LogP contribution in [0.3, 0.4) is 0 Å². The van der Waals surface area contributed by atoms with Crippen molar-refractivity contribution >= 4 is 21.9 Å². The summed E-state index contributed by atoms with van der Waals surface area (Å²) in [7, 11) is 0. The van der Waals surface area contributed by atoms with Gasteiger partial charge < -0.3 is 4.42 Å². The van der Waals surface area contributed by atoms with Gasteiger partial charge in [0.2, 0.25) is 0 Å². The summed E-state index contributed by atoms with van der Waals surface area (Å²) in [6, 6.07) is 59.2. The maximum atomic E-state index is 9.85. The van der Waals surface area contributed by atoms with E-state index in [0.717, 1.165) is 72.0 Å². The lowest BCUT2D eigenvalue weighted by Gasteiger charge is -2.11. The van der Waals surface area contributed by atoms with E-state index in [-0.39, 0.29) is 0 Å². The van der Waals surface area contributed by atoms with Crippen molar-refractivity contribution < 1.29 is 4.42 Å². The highest BCUT2D eigenvalue weighted by atomic mass is 16.3. The molecule has 0 atom stereocenters. The molecule has 0 spiro atoms. The molecule has 5 nitrogen and oxygen atoms in total. The molecular weight excluding hydrogens is 625 g/mol. The second kappa shape index (κ2) is 12.7. The van der Waals surface area contributed by atoms with E-state index in [1.165, 1.54) is 0 Å². The first kappa shape index (κ1) is 29.9. The number of nitriles is 1. The molecule has 238 valence electrons. The molecule has 0 radical (unpaired) electrons. The van der Waals surface area contributed by atoms with E-state index in [4.69, 9.17) is 19.4 Å². The van der Waals surface area contributed by atoms with Crippen LogP contribution in [0.2, 0.25) is 0 Å². The van der Waals surface area contributed by atoms with Gasteiger partial charge in [-0.05, 0) is 64.2 Å². The normalized spacial score (nSPS) is 11.1. The minimum absolute atomic E-state index is 0.555. The van der Waals surface area contributed by atoms with Crippen LogP contribution in [0, 0.1) is 11.3 Å². The number of rotatable bonds is 6. The summed E-state index contributed by atoms with van der Waals surface area (Å²) in [6.45, 7) is 0. The summed E-state index contributed by atoms with van der Waals surface area (Å²) >= 11 is 0. The topological polar surface area (TPSA) is 75.6 Å². The average Bonchev–Trinajstić information content (AvgIpc) is 3.60. The molecule has 0 saturated carbocycles. The molecule has 2 aromatic heterocycles. The van der Waals surface area contributed by atoms with Crippen molar-refractivity contribution in [3.63, 3.8) is 0 Å². The largest absolute Gasteiger partial charge is 0.456 e. The summed E-state index contributed by atoms with van der Waals surface area (Å²) in [5.41, 5.74) is 11.0. The van der Waals surface area contributed by atoms with Crippen molar-refractivity contribution in [1.29, 1.82) is 5.26 Å². The Morgan fingerprint density at radius 1 is 0.392 bits per heavy atom. The Morgan fingerprint density at radius 3 is 1.61 bits per heavy atom. The van der Waals surface area contributed by atoms with Crippen LogP contribution in [0.25, 0.3) is 89.5 Å². The number of fused-ring (bicyclic) bond motifs is 3. The van der Waals surface area contributed by atoms with Gasteiger partial charge >= 0.3 is 0 Å². The quantitative estimate of drug-likeness (QED) is 0.179.